The smallest absolute Gasteiger partial charge is 0.223 e. The highest BCUT2D eigenvalue weighted by atomic mass is 16.3. The normalized spacial score (nSPS) is 16.4. The van der Waals surface area contributed by atoms with Crippen molar-refractivity contribution in [2.45, 2.75) is 96.8 Å². The summed E-state index contributed by atoms with van der Waals surface area (Å²) in [7, 11) is 0. The number of rotatable bonds is 16. The summed E-state index contributed by atoms with van der Waals surface area (Å²) in [5, 5.41) is 0. The van der Waals surface area contributed by atoms with Gasteiger partial charge in [0.15, 0.2) is 5.78 Å². The van der Waals surface area contributed by atoms with Crippen molar-refractivity contribution in [1.29, 1.82) is 0 Å². The second kappa shape index (κ2) is 16.0. The molecular formula is C31H43NO4. The highest BCUT2D eigenvalue weighted by Gasteiger charge is 2.29. The molecule has 1 fully saturated rings. The molecule has 1 aliphatic rings. The van der Waals surface area contributed by atoms with Crippen molar-refractivity contribution in [3.05, 3.63) is 59.5 Å². The lowest BCUT2D eigenvalue weighted by Crippen LogP contribution is -2.41. The van der Waals surface area contributed by atoms with E-state index in [1.165, 1.54) is 70.6 Å². The number of nitrogens with zero attached hydrogens (tertiary/aromatic N) is 1. The summed E-state index contributed by atoms with van der Waals surface area (Å²) in [4.78, 5) is 27.9. The van der Waals surface area contributed by atoms with Crippen LogP contribution < -0.4 is 0 Å². The maximum atomic E-state index is 13.1. The van der Waals surface area contributed by atoms with Crippen molar-refractivity contribution < 1.29 is 18.4 Å². The molecule has 196 valence electrons. The highest BCUT2D eigenvalue weighted by Crippen LogP contribution is 2.23. The lowest BCUT2D eigenvalue weighted by molar-refractivity contribution is -0.131. The molecule has 0 bridgehead atoms. The molecular weight excluding hydrogens is 450 g/mol. The SMILES string of the molecule is CCCCCCCCCCCCCCCC(=O)N1C/C(=C\c2ccco2)C(=O)/C(=C/c2ccco2)C1. The fraction of sp³-hybridized carbons (Fsp3) is 0.548. The maximum absolute atomic E-state index is 13.1. The number of hydrogen-bond acceptors (Lipinski definition) is 4. The molecule has 0 N–H and O–H groups in total. The Balaban J connectivity index is 1.39. The molecule has 3 heterocycles. The van der Waals surface area contributed by atoms with E-state index >= 15 is 0 Å². The van der Waals surface area contributed by atoms with Crippen LogP contribution in [0.25, 0.3) is 12.2 Å². The third-order valence-electron chi connectivity index (χ3n) is 6.87. The van der Waals surface area contributed by atoms with Crippen molar-refractivity contribution in [2.75, 3.05) is 13.1 Å². The van der Waals surface area contributed by atoms with Crippen LogP contribution in [-0.4, -0.2) is 29.7 Å². The van der Waals surface area contributed by atoms with Crippen LogP contribution in [-0.2, 0) is 9.59 Å². The first-order valence-electron chi connectivity index (χ1n) is 14.0. The predicted molar refractivity (Wildman–Crippen MR) is 145 cm³/mol. The number of furan rings is 2. The van der Waals surface area contributed by atoms with Gasteiger partial charge < -0.3 is 13.7 Å². The zero-order valence-electron chi connectivity index (χ0n) is 22.0. The van der Waals surface area contributed by atoms with Gasteiger partial charge in [-0.1, -0.05) is 84.0 Å². The number of carbonyl (C=O) groups excluding carboxylic acids is 2. The van der Waals surface area contributed by atoms with E-state index in [0.717, 1.165) is 12.8 Å². The summed E-state index contributed by atoms with van der Waals surface area (Å²) in [6, 6.07) is 7.20. The molecule has 5 nitrogen and oxygen atoms in total. The average molecular weight is 494 g/mol. The minimum absolute atomic E-state index is 0.0622. The largest absolute Gasteiger partial charge is 0.465 e. The Labute approximate surface area is 216 Å². The number of piperidine rings is 1. The van der Waals surface area contributed by atoms with Gasteiger partial charge in [-0.05, 0) is 42.8 Å². The van der Waals surface area contributed by atoms with Gasteiger partial charge >= 0.3 is 0 Å². The second-order valence-electron chi connectivity index (χ2n) is 9.94. The van der Waals surface area contributed by atoms with Crippen LogP contribution >= 0.6 is 0 Å². The average Bonchev–Trinajstić information content (AvgIpc) is 3.59. The molecule has 1 amide bonds. The van der Waals surface area contributed by atoms with E-state index in [2.05, 4.69) is 6.92 Å². The van der Waals surface area contributed by atoms with E-state index in [-0.39, 0.29) is 11.7 Å². The van der Waals surface area contributed by atoms with E-state index < -0.39 is 0 Å². The molecule has 1 saturated heterocycles. The number of carbonyl (C=O) groups is 2. The fourth-order valence-corrected chi connectivity index (χ4v) is 4.76. The molecule has 0 spiro atoms. The Morgan fingerprint density at radius 1 is 0.750 bits per heavy atom. The van der Waals surface area contributed by atoms with Crippen molar-refractivity contribution in [3.63, 3.8) is 0 Å². The topological polar surface area (TPSA) is 63.7 Å². The van der Waals surface area contributed by atoms with Gasteiger partial charge in [0.2, 0.25) is 5.91 Å². The van der Waals surface area contributed by atoms with Gasteiger partial charge in [-0.15, -0.1) is 0 Å². The third-order valence-corrected chi connectivity index (χ3v) is 6.87. The first-order chi connectivity index (χ1) is 17.7. The first-order valence-corrected chi connectivity index (χ1v) is 14.0. The summed E-state index contributed by atoms with van der Waals surface area (Å²) in [5.74, 6) is 1.26. The van der Waals surface area contributed by atoms with E-state index in [9.17, 15) is 9.59 Å². The Morgan fingerprint density at radius 2 is 1.19 bits per heavy atom. The van der Waals surface area contributed by atoms with Gasteiger partial charge in [0.05, 0.1) is 12.5 Å². The lowest BCUT2D eigenvalue weighted by Gasteiger charge is -2.29. The number of unbranched alkanes of at least 4 members (excludes halogenated alkanes) is 12. The summed E-state index contributed by atoms with van der Waals surface area (Å²) in [5.41, 5.74) is 1.13. The van der Waals surface area contributed by atoms with Gasteiger partial charge in [0.25, 0.3) is 0 Å². The highest BCUT2D eigenvalue weighted by molar-refractivity contribution is 6.15. The quantitative estimate of drug-likeness (QED) is 0.174. The lowest BCUT2D eigenvalue weighted by atomic mass is 9.95. The minimum atomic E-state index is -0.0622. The Bertz CT molecular complexity index is 897. The van der Waals surface area contributed by atoms with Crippen LogP contribution in [0.3, 0.4) is 0 Å². The van der Waals surface area contributed by atoms with E-state index in [0.29, 0.717) is 42.2 Å². The van der Waals surface area contributed by atoms with Crippen molar-refractivity contribution >= 4 is 23.8 Å². The predicted octanol–water partition coefficient (Wildman–Crippen LogP) is 8.23. The molecule has 2 aromatic heterocycles. The van der Waals surface area contributed by atoms with E-state index in [1.807, 2.05) is 12.1 Å². The monoisotopic (exact) mass is 493 g/mol. The van der Waals surface area contributed by atoms with Gasteiger partial charge in [-0.2, -0.15) is 0 Å². The molecule has 0 atom stereocenters. The molecule has 1 aliphatic heterocycles. The zero-order chi connectivity index (χ0) is 25.4. The summed E-state index contributed by atoms with van der Waals surface area (Å²) in [6.45, 7) is 2.89. The van der Waals surface area contributed by atoms with Gasteiger partial charge in [0.1, 0.15) is 11.5 Å². The number of amides is 1. The number of likely N-dealkylation sites (tertiary alicyclic amines) is 1. The minimum Gasteiger partial charge on any atom is -0.465 e. The Hall–Kier alpha value is -2.82. The maximum Gasteiger partial charge on any atom is 0.223 e. The Kier molecular flexibility index (Phi) is 12.4. The van der Waals surface area contributed by atoms with Gasteiger partial charge in [-0.25, -0.2) is 0 Å². The summed E-state index contributed by atoms with van der Waals surface area (Å²) in [6.07, 6.45) is 23.8. The van der Waals surface area contributed by atoms with Crippen LogP contribution in [0.2, 0.25) is 0 Å². The molecule has 0 unspecified atom stereocenters. The first kappa shape index (κ1) is 27.8. The van der Waals surface area contributed by atoms with Gasteiger partial charge in [0, 0.05) is 30.7 Å². The van der Waals surface area contributed by atoms with Crippen molar-refractivity contribution in [2.24, 2.45) is 0 Å². The molecule has 0 aliphatic carbocycles. The third kappa shape index (κ3) is 9.67. The van der Waals surface area contributed by atoms with Crippen molar-refractivity contribution in [3.8, 4) is 0 Å². The Morgan fingerprint density at radius 3 is 1.61 bits per heavy atom. The molecule has 3 rings (SSSR count). The van der Waals surface area contributed by atoms with Crippen LogP contribution in [0, 0.1) is 0 Å². The number of hydrogen-bond donors (Lipinski definition) is 0. The second-order valence-corrected chi connectivity index (χ2v) is 9.94. The molecule has 5 heteroatoms. The van der Waals surface area contributed by atoms with Crippen LogP contribution in [0.15, 0.2) is 56.8 Å². The summed E-state index contributed by atoms with van der Waals surface area (Å²) >= 11 is 0. The van der Waals surface area contributed by atoms with E-state index in [4.69, 9.17) is 8.83 Å². The molecule has 36 heavy (non-hydrogen) atoms. The van der Waals surface area contributed by atoms with Crippen molar-refractivity contribution in [1.82, 2.24) is 4.90 Å². The number of Topliss-reactive ketones (excluding diaryl/α,β-unsaturated/α-hetero) is 1. The van der Waals surface area contributed by atoms with E-state index in [1.54, 1.807) is 41.7 Å². The van der Waals surface area contributed by atoms with Crippen LogP contribution in [0.4, 0.5) is 0 Å². The number of ketones is 1. The van der Waals surface area contributed by atoms with Crippen LogP contribution in [0.1, 0.15) is 108 Å². The molecule has 0 radical (unpaired) electrons. The summed E-state index contributed by atoms with van der Waals surface area (Å²) < 4.78 is 10.8. The molecule has 0 saturated carbocycles. The fourth-order valence-electron chi connectivity index (χ4n) is 4.76. The standard InChI is InChI=1S/C31H43NO4/c1-2-3-4-5-6-7-8-9-10-11-12-13-14-19-30(33)32-24-26(22-28-17-15-20-35-28)31(34)27(25-32)23-29-18-16-21-36-29/h15-18,20-23H,2-14,19,24-25H2,1H3/b26-22+,27-23+. The molecule has 2 aromatic rings. The van der Waals surface area contributed by atoms with Crippen LogP contribution in [0.5, 0.6) is 0 Å². The zero-order valence-corrected chi connectivity index (χ0v) is 22.0. The van der Waals surface area contributed by atoms with Gasteiger partial charge in [-0.3, -0.25) is 9.59 Å². The molecule has 0 aromatic carbocycles.